The largest absolute Gasteiger partial charge is 0.327 e. The smallest absolute Gasteiger partial charge is 0.0493 e. The maximum absolute atomic E-state index is 6.24. The molecule has 2 unspecified atom stereocenters. The van der Waals surface area contributed by atoms with Crippen LogP contribution in [0.5, 0.6) is 0 Å². The molecule has 2 aromatic carbocycles. The van der Waals surface area contributed by atoms with Gasteiger partial charge in [0.25, 0.3) is 0 Å². The molecule has 3 heteroatoms. The van der Waals surface area contributed by atoms with Gasteiger partial charge in [0.05, 0.1) is 0 Å². The van der Waals surface area contributed by atoms with E-state index >= 15 is 0 Å². The van der Waals surface area contributed by atoms with Gasteiger partial charge in [-0.2, -0.15) is 0 Å². The van der Waals surface area contributed by atoms with Gasteiger partial charge in [-0.1, -0.05) is 34.1 Å². The molecule has 0 amide bonds. The quantitative estimate of drug-likeness (QED) is 0.764. The number of fused-ring (bicyclic) bond motifs is 1. The van der Waals surface area contributed by atoms with Gasteiger partial charge in [-0.25, -0.2) is 0 Å². The van der Waals surface area contributed by atoms with Gasteiger partial charge < -0.3 is 5.73 Å². The van der Waals surface area contributed by atoms with Crippen LogP contribution in [0.25, 0.3) is 0 Å². The molecule has 110 valence electrons. The maximum Gasteiger partial charge on any atom is 0.0493 e. The van der Waals surface area contributed by atoms with Gasteiger partial charge in [0.2, 0.25) is 0 Å². The van der Waals surface area contributed by atoms with Crippen LogP contribution in [0.15, 0.2) is 51.8 Å². The molecule has 0 saturated heterocycles. The number of halogens is 1. The Labute approximate surface area is 139 Å². The minimum absolute atomic E-state index is 0.109. The van der Waals surface area contributed by atoms with Crippen molar-refractivity contribution in [1.82, 2.24) is 0 Å². The molecule has 0 aromatic heterocycles. The summed E-state index contributed by atoms with van der Waals surface area (Å²) in [5.41, 5.74) is 10.6. The van der Waals surface area contributed by atoms with Crippen LogP contribution in [0.4, 0.5) is 0 Å². The van der Waals surface area contributed by atoms with Crippen molar-refractivity contribution in [1.29, 1.82) is 0 Å². The zero-order chi connectivity index (χ0) is 14.8. The molecule has 0 saturated carbocycles. The minimum Gasteiger partial charge on any atom is -0.327 e. The van der Waals surface area contributed by atoms with E-state index in [1.54, 1.807) is 0 Å². The van der Waals surface area contributed by atoms with Gasteiger partial charge >= 0.3 is 0 Å². The average molecular weight is 362 g/mol. The highest BCUT2D eigenvalue weighted by atomic mass is 79.9. The number of hydrogen-bond donors (Lipinski definition) is 1. The van der Waals surface area contributed by atoms with Crippen LogP contribution in [-0.2, 0) is 12.8 Å². The fraction of sp³-hybridized carbons (Fsp3) is 0.333. The highest BCUT2D eigenvalue weighted by Gasteiger charge is 2.19. The number of hydrogen-bond acceptors (Lipinski definition) is 2. The van der Waals surface area contributed by atoms with Gasteiger partial charge in [0.1, 0.15) is 0 Å². The van der Waals surface area contributed by atoms with E-state index in [0.29, 0.717) is 0 Å². The van der Waals surface area contributed by atoms with E-state index in [1.165, 1.54) is 40.8 Å². The van der Waals surface area contributed by atoms with Crippen LogP contribution in [0.1, 0.15) is 35.3 Å². The SMILES string of the molecule is CC(N)C(Sc1ccc2c(c1)CCC2)c1cccc(Br)c1. The first-order valence-corrected chi connectivity index (χ1v) is 9.10. The predicted molar refractivity (Wildman–Crippen MR) is 94.9 cm³/mol. The zero-order valence-electron chi connectivity index (χ0n) is 12.2. The van der Waals surface area contributed by atoms with Crippen LogP contribution in [0.2, 0.25) is 0 Å². The van der Waals surface area contributed by atoms with E-state index in [4.69, 9.17) is 5.73 Å². The summed E-state index contributed by atoms with van der Waals surface area (Å²) in [6.07, 6.45) is 3.76. The van der Waals surface area contributed by atoms with E-state index in [9.17, 15) is 0 Å². The lowest BCUT2D eigenvalue weighted by Crippen LogP contribution is -2.22. The summed E-state index contributed by atoms with van der Waals surface area (Å²) in [4.78, 5) is 1.33. The lowest BCUT2D eigenvalue weighted by atomic mass is 10.1. The Hall–Kier alpha value is -0.770. The van der Waals surface area contributed by atoms with Crippen molar-refractivity contribution < 1.29 is 0 Å². The first kappa shape index (κ1) is 15.1. The molecule has 2 aromatic rings. The number of nitrogens with two attached hydrogens (primary N) is 1. The lowest BCUT2D eigenvalue weighted by Gasteiger charge is -2.21. The fourth-order valence-electron chi connectivity index (χ4n) is 2.93. The van der Waals surface area contributed by atoms with Crippen molar-refractivity contribution in [3.63, 3.8) is 0 Å². The van der Waals surface area contributed by atoms with Crippen molar-refractivity contribution in [3.05, 3.63) is 63.6 Å². The van der Waals surface area contributed by atoms with Crippen molar-refractivity contribution in [2.24, 2.45) is 5.73 Å². The molecule has 1 aliphatic carbocycles. The monoisotopic (exact) mass is 361 g/mol. The number of thioether (sulfide) groups is 1. The third-order valence-corrected chi connectivity index (χ3v) is 5.96. The molecule has 0 bridgehead atoms. The highest BCUT2D eigenvalue weighted by Crippen LogP contribution is 2.39. The molecule has 0 spiro atoms. The third kappa shape index (κ3) is 3.53. The molecule has 1 nitrogen and oxygen atoms in total. The summed E-state index contributed by atoms with van der Waals surface area (Å²) in [6, 6.07) is 15.5. The molecule has 3 rings (SSSR count). The Morgan fingerprint density at radius 3 is 2.67 bits per heavy atom. The Balaban J connectivity index is 1.86. The van der Waals surface area contributed by atoms with Crippen LogP contribution >= 0.6 is 27.7 Å². The molecule has 0 fully saturated rings. The number of aryl methyl sites for hydroxylation is 2. The average Bonchev–Trinajstić information content (AvgIpc) is 2.92. The Bertz CT molecular complexity index is 639. The van der Waals surface area contributed by atoms with Crippen molar-refractivity contribution in [2.75, 3.05) is 0 Å². The highest BCUT2D eigenvalue weighted by molar-refractivity contribution is 9.10. The third-order valence-electron chi connectivity index (χ3n) is 3.99. The van der Waals surface area contributed by atoms with E-state index in [2.05, 4.69) is 65.3 Å². The Kier molecular flexibility index (Phi) is 4.72. The van der Waals surface area contributed by atoms with E-state index in [-0.39, 0.29) is 11.3 Å². The summed E-state index contributed by atoms with van der Waals surface area (Å²) in [7, 11) is 0. The lowest BCUT2D eigenvalue weighted by molar-refractivity contribution is 0.721. The van der Waals surface area contributed by atoms with Gasteiger partial charge in [-0.3, -0.25) is 0 Å². The maximum atomic E-state index is 6.24. The molecule has 1 aliphatic rings. The van der Waals surface area contributed by atoms with Crippen LogP contribution in [0.3, 0.4) is 0 Å². The molecule has 21 heavy (non-hydrogen) atoms. The molecule has 0 heterocycles. The van der Waals surface area contributed by atoms with Gasteiger partial charge in [0.15, 0.2) is 0 Å². The first-order chi connectivity index (χ1) is 10.1. The standard InChI is InChI=1S/C18H20BrNS/c1-12(20)18(15-6-3-7-16(19)10-15)21-17-9-8-13-4-2-5-14(13)11-17/h3,6-12,18H,2,4-5,20H2,1H3. The Morgan fingerprint density at radius 2 is 1.90 bits per heavy atom. The molecule has 0 radical (unpaired) electrons. The summed E-state index contributed by atoms with van der Waals surface area (Å²) in [5, 5.41) is 0.280. The van der Waals surface area contributed by atoms with Crippen molar-refractivity contribution in [2.45, 2.75) is 42.4 Å². The van der Waals surface area contributed by atoms with Crippen molar-refractivity contribution >= 4 is 27.7 Å². The topological polar surface area (TPSA) is 26.0 Å². The second-order valence-electron chi connectivity index (χ2n) is 5.74. The summed E-state index contributed by atoms with van der Waals surface area (Å²) < 4.78 is 1.11. The van der Waals surface area contributed by atoms with E-state index in [0.717, 1.165) is 4.47 Å². The van der Waals surface area contributed by atoms with Gasteiger partial charge in [-0.05, 0) is 67.1 Å². The molecule has 0 aliphatic heterocycles. The van der Waals surface area contributed by atoms with Crippen LogP contribution < -0.4 is 5.73 Å². The second kappa shape index (κ2) is 6.55. The Morgan fingerprint density at radius 1 is 1.10 bits per heavy atom. The zero-order valence-corrected chi connectivity index (χ0v) is 14.6. The minimum atomic E-state index is 0.109. The van der Waals surface area contributed by atoms with E-state index in [1.807, 2.05) is 11.8 Å². The summed E-state index contributed by atoms with van der Waals surface area (Å²) >= 11 is 5.43. The van der Waals surface area contributed by atoms with Crippen LogP contribution in [0, 0.1) is 0 Å². The summed E-state index contributed by atoms with van der Waals surface area (Å²) in [6.45, 7) is 2.09. The molecule has 2 atom stereocenters. The van der Waals surface area contributed by atoms with E-state index < -0.39 is 0 Å². The van der Waals surface area contributed by atoms with Gasteiger partial charge in [0, 0.05) is 20.7 Å². The van der Waals surface area contributed by atoms with Crippen LogP contribution in [-0.4, -0.2) is 6.04 Å². The second-order valence-corrected chi connectivity index (χ2v) is 7.87. The summed E-state index contributed by atoms with van der Waals surface area (Å²) in [5.74, 6) is 0. The fourth-order valence-corrected chi connectivity index (χ4v) is 4.50. The van der Waals surface area contributed by atoms with Gasteiger partial charge in [-0.15, -0.1) is 11.8 Å². The predicted octanol–water partition coefficient (Wildman–Crippen LogP) is 5.12. The van der Waals surface area contributed by atoms with Crippen molar-refractivity contribution in [3.8, 4) is 0 Å². The first-order valence-electron chi connectivity index (χ1n) is 7.43. The molecular weight excluding hydrogens is 342 g/mol. The normalized spacial score (nSPS) is 16.5. The number of rotatable bonds is 4. The molecular formula is C18H20BrNS. The number of benzene rings is 2. The molecule has 2 N–H and O–H groups in total.